The summed E-state index contributed by atoms with van der Waals surface area (Å²) in [7, 11) is 0. The van der Waals surface area contributed by atoms with Gasteiger partial charge in [0.05, 0.1) is 11.3 Å². The average Bonchev–Trinajstić information content (AvgIpc) is 3.13. The van der Waals surface area contributed by atoms with E-state index in [-0.39, 0.29) is 12.1 Å². The van der Waals surface area contributed by atoms with E-state index in [9.17, 15) is 14.9 Å². The summed E-state index contributed by atoms with van der Waals surface area (Å²) in [5.74, 6) is -0.829. The van der Waals surface area contributed by atoms with E-state index in [1.165, 1.54) is 6.07 Å². The zero-order valence-corrected chi connectivity index (χ0v) is 10.7. The number of carbonyl (C=O) groups is 1. The van der Waals surface area contributed by atoms with Crippen LogP contribution in [0.15, 0.2) is 18.2 Å². The van der Waals surface area contributed by atoms with Gasteiger partial charge in [-0.1, -0.05) is 0 Å². The van der Waals surface area contributed by atoms with Crippen LogP contribution in [0.4, 0.5) is 11.4 Å². The lowest BCUT2D eigenvalue weighted by Crippen LogP contribution is -2.28. The van der Waals surface area contributed by atoms with Crippen molar-refractivity contribution in [3.8, 4) is 0 Å². The van der Waals surface area contributed by atoms with Crippen molar-refractivity contribution in [1.82, 2.24) is 0 Å². The Kier molecular flexibility index (Phi) is 3.69. The monoisotopic (exact) mass is 264 g/mol. The molecule has 1 fully saturated rings. The molecule has 1 aliphatic carbocycles. The molecule has 2 rings (SSSR count). The number of nitrogens with zero attached hydrogens (tertiary/aromatic N) is 2. The van der Waals surface area contributed by atoms with Gasteiger partial charge in [-0.3, -0.25) is 14.9 Å². The molecule has 0 bridgehead atoms. The van der Waals surface area contributed by atoms with Crippen LogP contribution in [0.2, 0.25) is 0 Å². The summed E-state index contributed by atoms with van der Waals surface area (Å²) in [4.78, 5) is 23.1. The van der Waals surface area contributed by atoms with Gasteiger partial charge in [0.15, 0.2) is 0 Å². The molecule has 1 aromatic carbocycles. The summed E-state index contributed by atoms with van der Waals surface area (Å²) < 4.78 is 0. The van der Waals surface area contributed by atoms with Crippen LogP contribution in [0.1, 0.15) is 24.8 Å². The standard InChI is InChI=1S/C13H16N2O4/c1-9-8-11(4-5-12(9)15(18)19)14(10-2-3-10)7-6-13(16)17/h4-5,8,10H,2-3,6-7H2,1H3,(H,16,17). The topological polar surface area (TPSA) is 83.7 Å². The fourth-order valence-electron chi connectivity index (χ4n) is 2.15. The van der Waals surface area contributed by atoms with Gasteiger partial charge < -0.3 is 10.0 Å². The Morgan fingerprint density at radius 1 is 1.53 bits per heavy atom. The SMILES string of the molecule is Cc1cc(N(CCC(=O)O)C2CC2)ccc1[N+](=O)[O-]. The van der Waals surface area contributed by atoms with Crippen molar-refractivity contribution >= 4 is 17.3 Å². The van der Waals surface area contributed by atoms with Crippen LogP contribution in [0.25, 0.3) is 0 Å². The van der Waals surface area contributed by atoms with Crippen molar-refractivity contribution in [2.75, 3.05) is 11.4 Å². The fourth-order valence-corrected chi connectivity index (χ4v) is 2.15. The molecule has 0 radical (unpaired) electrons. The highest BCUT2D eigenvalue weighted by atomic mass is 16.6. The molecule has 0 spiro atoms. The minimum Gasteiger partial charge on any atom is -0.481 e. The van der Waals surface area contributed by atoms with Crippen molar-refractivity contribution in [3.63, 3.8) is 0 Å². The van der Waals surface area contributed by atoms with Gasteiger partial charge in [-0.05, 0) is 31.9 Å². The molecule has 102 valence electrons. The van der Waals surface area contributed by atoms with Gasteiger partial charge >= 0.3 is 5.97 Å². The first kappa shape index (κ1) is 13.3. The van der Waals surface area contributed by atoms with Crippen LogP contribution in [0, 0.1) is 17.0 Å². The second-order valence-electron chi connectivity index (χ2n) is 4.80. The summed E-state index contributed by atoms with van der Waals surface area (Å²) >= 11 is 0. The van der Waals surface area contributed by atoms with Crippen LogP contribution in [-0.2, 0) is 4.79 Å². The van der Waals surface area contributed by atoms with Gasteiger partial charge in [0, 0.05) is 29.9 Å². The molecule has 19 heavy (non-hydrogen) atoms. The van der Waals surface area contributed by atoms with Crippen LogP contribution in [-0.4, -0.2) is 28.6 Å². The van der Waals surface area contributed by atoms with Crippen molar-refractivity contribution in [2.45, 2.75) is 32.2 Å². The zero-order chi connectivity index (χ0) is 14.0. The minimum absolute atomic E-state index is 0.0759. The van der Waals surface area contributed by atoms with Crippen molar-refractivity contribution in [1.29, 1.82) is 0 Å². The zero-order valence-electron chi connectivity index (χ0n) is 10.7. The predicted molar refractivity (Wildman–Crippen MR) is 70.5 cm³/mol. The van der Waals surface area contributed by atoms with Crippen molar-refractivity contribution in [2.24, 2.45) is 0 Å². The van der Waals surface area contributed by atoms with Gasteiger partial charge in [0.1, 0.15) is 0 Å². The average molecular weight is 264 g/mol. The first-order chi connectivity index (χ1) is 8.99. The maximum absolute atomic E-state index is 10.8. The number of carboxylic acids is 1. The van der Waals surface area contributed by atoms with Crippen LogP contribution in [0.5, 0.6) is 0 Å². The molecular formula is C13H16N2O4. The largest absolute Gasteiger partial charge is 0.481 e. The second kappa shape index (κ2) is 5.26. The Balaban J connectivity index is 2.19. The van der Waals surface area contributed by atoms with Gasteiger partial charge in [-0.2, -0.15) is 0 Å². The van der Waals surface area contributed by atoms with E-state index in [0.717, 1.165) is 18.5 Å². The third-order valence-electron chi connectivity index (χ3n) is 3.26. The van der Waals surface area contributed by atoms with E-state index in [1.54, 1.807) is 19.1 Å². The third-order valence-corrected chi connectivity index (χ3v) is 3.26. The molecule has 0 atom stereocenters. The van der Waals surface area contributed by atoms with Gasteiger partial charge in [-0.25, -0.2) is 0 Å². The molecule has 0 amide bonds. The molecule has 0 unspecified atom stereocenters. The number of carboxylic acid groups (broad SMARTS) is 1. The molecular weight excluding hydrogens is 248 g/mol. The van der Waals surface area contributed by atoms with E-state index in [4.69, 9.17) is 5.11 Å². The molecule has 6 heteroatoms. The molecule has 1 aromatic rings. The van der Waals surface area contributed by atoms with E-state index in [0.29, 0.717) is 18.2 Å². The molecule has 1 N–H and O–H groups in total. The highest BCUT2D eigenvalue weighted by Gasteiger charge is 2.30. The lowest BCUT2D eigenvalue weighted by atomic mass is 10.1. The Morgan fingerprint density at radius 2 is 2.21 bits per heavy atom. The smallest absolute Gasteiger partial charge is 0.305 e. The predicted octanol–water partition coefficient (Wildman–Crippen LogP) is 2.35. The van der Waals surface area contributed by atoms with Gasteiger partial charge in [-0.15, -0.1) is 0 Å². The third kappa shape index (κ3) is 3.21. The van der Waals surface area contributed by atoms with E-state index in [1.807, 2.05) is 4.90 Å². The van der Waals surface area contributed by atoms with E-state index < -0.39 is 10.9 Å². The van der Waals surface area contributed by atoms with Crippen molar-refractivity contribution < 1.29 is 14.8 Å². The summed E-state index contributed by atoms with van der Waals surface area (Å²) in [5.41, 5.74) is 1.56. The van der Waals surface area contributed by atoms with E-state index in [2.05, 4.69) is 0 Å². The number of aliphatic carboxylic acids is 1. The number of nitro benzene ring substituents is 1. The molecule has 1 saturated carbocycles. The summed E-state index contributed by atoms with van der Waals surface area (Å²) in [6.07, 6.45) is 2.18. The first-order valence-electron chi connectivity index (χ1n) is 6.22. The second-order valence-corrected chi connectivity index (χ2v) is 4.80. The summed E-state index contributed by atoms with van der Waals surface area (Å²) in [5, 5.41) is 19.5. The molecule has 0 saturated heterocycles. The summed E-state index contributed by atoms with van der Waals surface area (Å²) in [6, 6.07) is 5.32. The maximum Gasteiger partial charge on any atom is 0.305 e. The molecule has 6 nitrogen and oxygen atoms in total. The molecule has 0 aliphatic heterocycles. The van der Waals surface area contributed by atoms with Crippen LogP contribution >= 0.6 is 0 Å². The quantitative estimate of drug-likeness (QED) is 0.629. The van der Waals surface area contributed by atoms with Gasteiger partial charge in [0.25, 0.3) is 5.69 Å². The highest BCUT2D eigenvalue weighted by molar-refractivity contribution is 5.68. The Morgan fingerprint density at radius 3 is 2.68 bits per heavy atom. The number of anilines is 1. The molecule has 1 aliphatic rings. The number of rotatable bonds is 6. The Hall–Kier alpha value is -2.11. The highest BCUT2D eigenvalue weighted by Crippen LogP contribution is 2.33. The number of nitro groups is 1. The molecule has 0 heterocycles. The lowest BCUT2D eigenvalue weighted by Gasteiger charge is -2.24. The molecule has 0 aromatic heterocycles. The normalized spacial score (nSPS) is 14.2. The fraction of sp³-hybridized carbons (Fsp3) is 0.462. The minimum atomic E-state index is -0.829. The number of hydrogen-bond donors (Lipinski definition) is 1. The van der Waals surface area contributed by atoms with Crippen molar-refractivity contribution in [3.05, 3.63) is 33.9 Å². The maximum atomic E-state index is 10.8. The first-order valence-corrected chi connectivity index (χ1v) is 6.22. The lowest BCUT2D eigenvalue weighted by molar-refractivity contribution is -0.385. The number of hydrogen-bond acceptors (Lipinski definition) is 4. The Labute approximate surface area is 110 Å². The van der Waals surface area contributed by atoms with Gasteiger partial charge in [0.2, 0.25) is 0 Å². The van der Waals surface area contributed by atoms with Crippen LogP contribution < -0.4 is 4.90 Å². The summed E-state index contributed by atoms with van der Waals surface area (Å²) in [6.45, 7) is 2.14. The van der Waals surface area contributed by atoms with Crippen LogP contribution in [0.3, 0.4) is 0 Å². The number of aryl methyl sites for hydroxylation is 1. The van der Waals surface area contributed by atoms with E-state index >= 15 is 0 Å². The Bertz CT molecular complexity index is 511. The number of benzene rings is 1.